The number of hydrogen-bond donors (Lipinski definition) is 0. The first kappa shape index (κ1) is 21.1. The fraction of sp³-hybridized carbons (Fsp3) is 0.111. The van der Waals surface area contributed by atoms with Crippen molar-refractivity contribution < 1.29 is 19.1 Å². The Bertz CT molecular complexity index is 1280. The molecular formula is C27H23NO4. The van der Waals surface area contributed by atoms with Crippen molar-refractivity contribution in [1.29, 1.82) is 0 Å². The fourth-order valence-corrected chi connectivity index (χ4v) is 3.63. The highest BCUT2D eigenvalue weighted by Gasteiger charge is 2.17. The molecule has 0 saturated heterocycles. The zero-order chi connectivity index (χ0) is 22.5. The van der Waals surface area contributed by atoms with Crippen molar-refractivity contribution in [3.05, 3.63) is 102 Å². The summed E-state index contributed by atoms with van der Waals surface area (Å²) in [4.78, 5) is 24.8. The van der Waals surface area contributed by atoms with E-state index in [0.29, 0.717) is 5.56 Å². The molecule has 0 bridgehead atoms. The molecule has 0 fully saturated rings. The highest BCUT2D eigenvalue weighted by molar-refractivity contribution is 6.09. The Hall–Kier alpha value is -4.12. The molecule has 0 saturated carbocycles. The van der Waals surface area contributed by atoms with Crippen LogP contribution < -0.4 is 4.74 Å². The van der Waals surface area contributed by atoms with Crippen molar-refractivity contribution in [2.45, 2.75) is 6.42 Å². The van der Waals surface area contributed by atoms with Crippen molar-refractivity contribution in [1.82, 2.24) is 4.57 Å². The Morgan fingerprint density at radius 1 is 0.938 bits per heavy atom. The maximum absolute atomic E-state index is 13.3. The SMILES string of the molecule is COC(=O)/C=C/c1ccc2c(c1)c(C(=O)Cc1ccc(OC)cc1)cn2-c1ccccc1. The minimum Gasteiger partial charge on any atom is -0.497 e. The van der Waals surface area contributed by atoms with Crippen LogP contribution in [0.25, 0.3) is 22.7 Å². The number of nitrogens with zero attached hydrogens (tertiary/aromatic N) is 1. The number of methoxy groups -OCH3 is 2. The van der Waals surface area contributed by atoms with Crippen molar-refractivity contribution in [2.75, 3.05) is 14.2 Å². The molecule has 0 N–H and O–H groups in total. The van der Waals surface area contributed by atoms with Crippen LogP contribution in [-0.2, 0) is 16.0 Å². The molecule has 5 nitrogen and oxygen atoms in total. The second-order valence-corrected chi connectivity index (χ2v) is 7.33. The standard InChI is InChI=1S/C27H23NO4/c1-31-22-12-8-20(9-13-22)17-26(29)24-18-28(21-6-4-3-5-7-21)25-14-10-19(16-23(24)25)11-15-27(30)32-2/h3-16,18H,17H2,1-2H3/b15-11+. The van der Waals surface area contributed by atoms with E-state index < -0.39 is 5.97 Å². The van der Waals surface area contributed by atoms with E-state index in [9.17, 15) is 9.59 Å². The second kappa shape index (κ2) is 9.35. The minimum absolute atomic E-state index is 0.0175. The Morgan fingerprint density at radius 3 is 2.38 bits per heavy atom. The van der Waals surface area contributed by atoms with Crippen LogP contribution in [0.2, 0.25) is 0 Å². The molecule has 4 aromatic rings. The van der Waals surface area contributed by atoms with Gasteiger partial charge in [-0.05, 0) is 53.6 Å². The first-order valence-electron chi connectivity index (χ1n) is 10.2. The highest BCUT2D eigenvalue weighted by atomic mass is 16.5. The second-order valence-electron chi connectivity index (χ2n) is 7.33. The number of ether oxygens (including phenoxy) is 2. The van der Waals surface area contributed by atoms with Gasteiger partial charge >= 0.3 is 5.97 Å². The minimum atomic E-state index is -0.428. The summed E-state index contributed by atoms with van der Waals surface area (Å²) < 4.78 is 11.9. The maximum Gasteiger partial charge on any atom is 0.330 e. The number of hydrogen-bond acceptors (Lipinski definition) is 4. The Balaban J connectivity index is 1.77. The molecule has 0 atom stereocenters. The van der Waals surface area contributed by atoms with E-state index in [1.807, 2.05) is 83.6 Å². The third kappa shape index (κ3) is 4.47. The number of fused-ring (bicyclic) bond motifs is 1. The van der Waals surface area contributed by atoms with E-state index in [2.05, 4.69) is 4.74 Å². The molecule has 160 valence electrons. The summed E-state index contributed by atoms with van der Waals surface area (Å²) in [5.41, 5.74) is 4.25. The van der Waals surface area contributed by atoms with Crippen LogP contribution in [0.4, 0.5) is 0 Å². The number of para-hydroxylation sites is 1. The number of ketones is 1. The fourth-order valence-electron chi connectivity index (χ4n) is 3.63. The maximum atomic E-state index is 13.3. The van der Waals surface area contributed by atoms with Gasteiger partial charge in [-0.25, -0.2) is 4.79 Å². The van der Waals surface area contributed by atoms with Gasteiger partial charge < -0.3 is 14.0 Å². The van der Waals surface area contributed by atoms with Crippen molar-refractivity contribution in [2.24, 2.45) is 0 Å². The summed E-state index contributed by atoms with van der Waals surface area (Å²) in [5.74, 6) is 0.343. The average Bonchev–Trinajstić information content (AvgIpc) is 3.22. The van der Waals surface area contributed by atoms with Gasteiger partial charge in [-0.2, -0.15) is 0 Å². The highest BCUT2D eigenvalue weighted by Crippen LogP contribution is 2.28. The predicted octanol–water partition coefficient (Wildman–Crippen LogP) is 5.25. The van der Waals surface area contributed by atoms with E-state index in [-0.39, 0.29) is 12.2 Å². The Labute approximate surface area is 186 Å². The van der Waals surface area contributed by atoms with Gasteiger partial charge in [-0.3, -0.25) is 4.79 Å². The van der Waals surface area contributed by atoms with Gasteiger partial charge in [0.05, 0.1) is 19.7 Å². The van der Waals surface area contributed by atoms with E-state index in [1.165, 1.54) is 13.2 Å². The largest absolute Gasteiger partial charge is 0.497 e. The molecule has 5 heteroatoms. The number of carbonyl (C=O) groups is 2. The molecule has 1 heterocycles. The lowest BCUT2D eigenvalue weighted by molar-refractivity contribution is -0.134. The molecule has 0 unspecified atom stereocenters. The molecule has 0 aliphatic rings. The molecule has 0 spiro atoms. The van der Waals surface area contributed by atoms with Gasteiger partial charge in [0, 0.05) is 35.3 Å². The lowest BCUT2D eigenvalue weighted by Gasteiger charge is -2.05. The van der Waals surface area contributed by atoms with Crippen LogP contribution in [0, 0.1) is 0 Å². The Morgan fingerprint density at radius 2 is 1.69 bits per heavy atom. The van der Waals surface area contributed by atoms with Gasteiger partial charge in [-0.15, -0.1) is 0 Å². The van der Waals surface area contributed by atoms with Gasteiger partial charge in [0.25, 0.3) is 0 Å². The smallest absolute Gasteiger partial charge is 0.330 e. The predicted molar refractivity (Wildman–Crippen MR) is 125 cm³/mol. The Kier molecular flexibility index (Phi) is 6.17. The van der Waals surface area contributed by atoms with Crippen LogP contribution in [0.1, 0.15) is 21.5 Å². The van der Waals surface area contributed by atoms with E-state index in [1.54, 1.807) is 13.2 Å². The average molecular weight is 425 g/mol. The number of carbonyl (C=O) groups excluding carboxylic acids is 2. The molecule has 0 aliphatic heterocycles. The number of rotatable bonds is 7. The molecule has 1 aromatic heterocycles. The summed E-state index contributed by atoms with van der Waals surface area (Å²) >= 11 is 0. The number of Topliss-reactive ketones (excluding diaryl/α,β-unsaturated/α-hetero) is 1. The van der Waals surface area contributed by atoms with E-state index in [0.717, 1.165) is 33.5 Å². The zero-order valence-corrected chi connectivity index (χ0v) is 17.9. The van der Waals surface area contributed by atoms with Crippen molar-refractivity contribution in [3.8, 4) is 11.4 Å². The van der Waals surface area contributed by atoms with Crippen LogP contribution in [0.3, 0.4) is 0 Å². The monoisotopic (exact) mass is 425 g/mol. The zero-order valence-electron chi connectivity index (χ0n) is 17.9. The topological polar surface area (TPSA) is 57.5 Å². The first-order chi connectivity index (χ1) is 15.6. The van der Waals surface area contributed by atoms with Crippen molar-refractivity contribution >= 4 is 28.7 Å². The number of esters is 1. The normalized spacial score (nSPS) is 11.1. The molecule has 0 amide bonds. The van der Waals surface area contributed by atoms with Crippen molar-refractivity contribution in [3.63, 3.8) is 0 Å². The number of aromatic nitrogens is 1. The van der Waals surface area contributed by atoms with Crippen LogP contribution in [-0.4, -0.2) is 30.5 Å². The molecular weight excluding hydrogens is 402 g/mol. The van der Waals surface area contributed by atoms with Crippen LogP contribution in [0.15, 0.2) is 85.1 Å². The summed E-state index contributed by atoms with van der Waals surface area (Å²) in [7, 11) is 2.95. The first-order valence-corrected chi connectivity index (χ1v) is 10.2. The molecule has 4 rings (SSSR count). The molecule has 32 heavy (non-hydrogen) atoms. The quantitative estimate of drug-likeness (QED) is 0.231. The van der Waals surface area contributed by atoms with Crippen LogP contribution >= 0.6 is 0 Å². The van der Waals surface area contributed by atoms with E-state index >= 15 is 0 Å². The number of benzene rings is 3. The van der Waals surface area contributed by atoms with Gasteiger partial charge in [0.1, 0.15) is 5.75 Å². The van der Waals surface area contributed by atoms with E-state index in [4.69, 9.17) is 4.74 Å². The van der Waals surface area contributed by atoms with Crippen LogP contribution in [0.5, 0.6) is 5.75 Å². The summed E-state index contributed by atoms with van der Waals surface area (Å²) in [5, 5.41) is 0.833. The lowest BCUT2D eigenvalue weighted by Crippen LogP contribution is -2.03. The molecule has 0 aliphatic carbocycles. The summed E-state index contributed by atoms with van der Waals surface area (Å²) in [6.07, 6.45) is 5.22. The molecule has 3 aromatic carbocycles. The van der Waals surface area contributed by atoms with Gasteiger partial charge in [-0.1, -0.05) is 36.4 Å². The summed E-state index contributed by atoms with van der Waals surface area (Å²) in [6.45, 7) is 0. The summed E-state index contributed by atoms with van der Waals surface area (Å²) in [6, 6.07) is 23.2. The van der Waals surface area contributed by atoms with Gasteiger partial charge in [0.2, 0.25) is 0 Å². The third-order valence-electron chi connectivity index (χ3n) is 5.30. The molecule has 0 radical (unpaired) electrons. The third-order valence-corrected chi connectivity index (χ3v) is 5.30. The lowest BCUT2D eigenvalue weighted by atomic mass is 10.0. The van der Waals surface area contributed by atoms with Gasteiger partial charge in [0.15, 0.2) is 5.78 Å².